The number of guanidine groups is 1. The molecule has 1 unspecified atom stereocenters. The smallest absolute Gasteiger partial charge is 0.191 e. The van der Waals surface area contributed by atoms with Gasteiger partial charge in [-0.3, -0.25) is 4.68 Å². The minimum atomic E-state index is 0.335. The summed E-state index contributed by atoms with van der Waals surface area (Å²) in [5, 5.41) is 11.0. The first kappa shape index (κ1) is 19.0. The molecule has 1 aliphatic rings. The lowest BCUT2D eigenvalue weighted by atomic mass is 10.0. The predicted molar refractivity (Wildman–Crippen MR) is 107 cm³/mol. The van der Waals surface area contributed by atoms with Crippen molar-refractivity contribution in [3.05, 3.63) is 36.4 Å². The Balaban J connectivity index is 1.64. The first-order valence-electron chi connectivity index (χ1n) is 9.46. The zero-order chi connectivity index (χ0) is 19.1. The second-order valence-corrected chi connectivity index (χ2v) is 6.63. The number of benzene rings is 1. The van der Waals surface area contributed by atoms with Crippen LogP contribution >= 0.6 is 0 Å². The summed E-state index contributed by atoms with van der Waals surface area (Å²) >= 11 is 0. The van der Waals surface area contributed by atoms with Crippen molar-refractivity contribution in [3.8, 4) is 5.75 Å². The second kappa shape index (κ2) is 9.25. The van der Waals surface area contributed by atoms with Crippen molar-refractivity contribution in [1.29, 1.82) is 0 Å². The molecule has 1 aliphatic heterocycles. The van der Waals surface area contributed by atoms with Crippen molar-refractivity contribution < 1.29 is 4.74 Å². The minimum absolute atomic E-state index is 0.335. The molecule has 27 heavy (non-hydrogen) atoms. The number of aryl methyl sites for hydroxylation is 1. The highest BCUT2D eigenvalue weighted by Crippen LogP contribution is 2.24. The second-order valence-electron chi connectivity index (χ2n) is 6.63. The van der Waals surface area contributed by atoms with Crippen molar-refractivity contribution in [2.24, 2.45) is 12.0 Å². The Morgan fingerprint density at radius 2 is 2.30 bits per heavy atom. The van der Waals surface area contributed by atoms with Gasteiger partial charge < -0.3 is 20.3 Å². The van der Waals surface area contributed by atoms with E-state index >= 15 is 0 Å². The highest BCUT2D eigenvalue weighted by atomic mass is 16.5. The van der Waals surface area contributed by atoms with Crippen LogP contribution in [0.3, 0.4) is 0 Å². The van der Waals surface area contributed by atoms with Crippen LogP contribution in [0.4, 0.5) is 5.69 Å². The van der Waals surface area contributed by atoms with Gasteiger partial charge in [-0.25, -0.2) is 9.98 Å². The molecule has 2 heterocycles. The summed E-state index contributed by atoms with van der Waals surface area (Å²) in [5.41, 5.74) is 1.20. The van der Waals surface area contributed by atoms with E-state index in [1.165, 1.54) is 5.69 Å². The lowest BCUT2D eigenvalue weighted by molar-refractivity contribution is 0.414. The van der Waals surface area contributed by atoms with E-state index in [4.69, 9.17) is 4.74 Å². The SMILES string of the molecule is CCNC(=NCc1ncnn1C)NC1CCCN(c2cccc(OC)c2)C1. The van der Waals surface area contributed by atoms with E-state index in [0.29, 0.717) is 12.6 Å². The van der Waals surface area contributed by atoms with E-state index < -0.39 is 0 Å². The number of piperidine rings is 1. The summed E-state index contributed by atoms with van der Waals surface area (Å²) < 4.78 is 7.11. The number of rotatable bonds is 6. The van der Waals surface area contributed by atoms with Gasteiger partial charge in [0, 0.05) is 44.5 Å². The van der Waals surface area contributed by atoms with Gasteiger partial charge in [0.15, 0.2) is 5.96 Å². The van der Waals surface area contributed by atoms with Crippen molar-refractivity contribution in [2.75, 3.05) is 31.6 Å². The molecular formula is C19H29N7O. The molecule has 0 aliphatic carbocycles. The average Bonchev–Trinajstić information content (AvgIpc) is 3.11. The minimum Gasteiger partial charge on any atom is -0.497 e. The van der Waals surface area contributed by atoms with E-state index in [9.17, 15) is 0 Å². The maximum Gasteiger partial charge on any atom is 0.191 e. The fraction of sp³-hybridized carbons (Fsp3) is 0.526. The van der Waals surface area contributed by atoms with E-state index in [0.717, 1.165) is 50.0 Å². The fourth-order valence-electron chi connectivity index (χ4n) is 3.26. The Labute approximate surface area is 160 Å². The molecule has 1 fully saturated rings. The molecule has 0 amide bonds. The van der Waals surface area contributed by atoms with Gasteiger partial charge in [0.25, 0.3) is 0 Å². The Bertz CT molecular complexity index is 758. The molecule has 1 aromatic carbocycles. The average molecular weight is 371 g/mol. The van der Waals surface area contributed by atoms with Gasteiger partial charge in [-0.15, -0.1) is 0 Å². The normalized spacial score (nSPS) is 17.7. The molecule has 8 nitrogen and oxygen atoms in total. The molecule has 2 N–H and O–H groups in total. The van der Waals surface area contributed by atoms with Gasteiger partial charge in [-0.1, -0.05) is 6.07 Å². The molecule has 1 atom stereocenters. The molecule has 0 saturated carbocycles. The molecule has 1 aromatic heterocycles. The first-order valence-corrected chi connectivity index (χ1v) is 9.46. The molecule has 8 heteroatoms. The molecule has 1 saturated heterocycles. The van der Waals surface area contributed by atoms with Gasteiger partial charge in [-0.05, 0) is 31.9 Å². The Morgan fingerprint density at radius 3 is 3.04 bits per heavy atom. The van der Waals surface area contributed by atoms with Crippen LogP contribution < -0.4 is 20.3 Å². The highest BCUT2D eigenvalue weighted by molar-refractivity contribution is 5.80. The number of anilines is 1. The molecular weight excluding hydrogens is 342 g/mol. The van der Waals surface area contributed by atoms with Crippen LogP contribution in [0, 0.1) is 0 Å². The Morgan fingerprint density at radius 1 is 1.41 bits per heavy atom. The van der Waals surface area contributed by atoms with Gasteiger partial charge in [-0.2, -0.15) is 5.10 Å². The number of hydrogen-bond acceptors (Lipinski definition) is 5. The summed E-state index contributed by atoms with van der Waals surface area (Å²) in [6.07, 6.45) is 3.81. The maximum absolute atomic E-state index is 5.36. The number of methoxy groups -OCH3 is 1. The quantitative estimate of drug-likeness (QED) is 0.592. The van der Waals surface area contributed by atoms with Crippen LogP contribution in [0.2, 0.25) is 0 Å². The third-order valence-electron chi connectivity index (χ3n) is 4.71. The van der Waals surface area contributed by atoms with Gasteiger partial charge >= 0.3 is 0 Å². The third-order valence-corrected chi connectivity index (χ3v) is 4.71. The first-order chi connectivity index (χ1) is 13.2. The van der Waals surface area contributed by atoms with Gasteiger partial charge in [0.05, 0.1) is 7.11 Å². The number of hydrogen-bond donors (Lipinski definition) is 2. The summed E-state index contributed by atoms with van der Waals surface area (Å²) in [6.45, 7) is 5.37. The van der Waals surface area contributed by atoms with Crippen molar-refractivity contribution in [1.82, 2.24) is 25.4 Å². The zero-order valence-corrected chi connectivity index (χ0v) is 16.4. The van der Waals surface area contributed by atoms with Crippen LogP contribution in [0.25, 0.3) is 0 Å². The largest absolute Gasteiger partial charge is 0.497 e. The number of aliphatic imine (C=N–C) groups is 1. The van der Waals surface area contributed by atoms with Crippen molar-refractivity contribution in [2.45, 2.75) is 32.4 Å². The number of nitrogens with zero attached hydrogens (tertiary/aromatic N) is 5. The molecule has 2 aromatic rings. The molecule has 0 radical (unpaired) electrons. The standard InChI is InChI=1S/C19H29N7O/c1-4-20-19(21-12-18-22-14-23-25(18)2)24-15-7-6-10-26(13-15)16-8-5-9-17(11-16)27-3/h5,8-9,11,14-15H,4,6-7,10,12-13H2,1-3H3,(H2,20,21,24). The van der Waals surface area contributed by atoms with Gasteiger partial charge in [0.1, 0.15) is 24.4 Å². The molecule has 3 rings (SSSR count). The van der Waals surface area contributed by atoms with Crippen molar-refractivity contribution >= 4 is 11.6 Å². The monoisotopic (exact) mass is 371 g/mol. The summed E-state index contributed by atoms with van der Waals surface area (Å²) in [5.74, 6) is 2.55. The van der Waals surface area contributed by atoms with Crippen molar-refractivity contribution in [3.63, 3.8) is 0 Å². The van der Waals surface area contributed by atoms with Crippen LogP contribution in [-0.4, -0.2) is 53.5 Å². The number of ether oxygens (including phenoxy) is 1. The van der Waals surface area contributed by atoms with E-state index in [-0.39, 0.29) is 0 Å². The fourth-order valence-corrected chi connectivity index (χ4v) is 3.26. The highest BCUT2D eigenvalue weighted by Gasteiger charge is 2.21. The van der Waals surface area contributed by atoms with Crippen LogP contribution in [0.5, 0.6) is 5.75 Å². The summed E-state index contributed by atoms with van der Waals surface area (Å²) in [6, 6.07) is 8.58. The Hall–Kier alpha value is -2.77. The van der Waals surface area contributed by atoms with E-state index in [1.807, 2.05) is 19.2 Å². The predicted octanol–water partition coefficient (Wildman–Crippen LogP) is 1.55. The lowest BCUT2D eigenvalue weighted by Crippen LogP contribution is -2.51. The van der Waals surface area contributed by atoms with E-state index in [2.05, 4.69) is 49.7 Å². The maximum atomic E-state index is 5.36. The topological polar surface area (TPSA) is 79.6 Å². The van der Waals surface area contributed by atoms with Crippen LogP contribution in [0.1, 0.15) is 25.6 Å². The molecule has 0 spiro atoms. The number of nitrogens with one attached hydrogen (secondary N) is 2. The molecule has 146 valence electrons. The Kier molecular flexibility index (Phi) is 6.51. The number of aromatic nitrogens is 3. The molecule has 0 bridgehead atoms. The van der Waals surface area contributed by atoms with E-state index in [1.54, 1.807) is 18.1 Å². The lowest BCUT2D eigenvalue weighted by Gasteiger charge is -2.35. The summed E-state index contributed by atoms with van der Waals surface area (Å²) in [7, 11) is 3.58. The van der Waals surface area contributed by atoms with Crippen LogP contribution in [-0.2, 0) is 13.6 Å². The van der Waals surface area contributed by atoms with Gasteiger partial charge in [0.2, 0.25) is 0 Å². The third kappa shape index (κ3) is 5.12. The zero-order valence-electron chi connectivity index (χ0n) is 16.4. The summed E-state index contributed by atoms with van der Waals surface area (Å²) in [4.78, 5) is 11.3. The van der Waals surface area contributed by atoms with Crippen LogP contribution in [0.15, 0.2) is 35.6 Å².